The summed E-state index contributed by atoms with van der Waals surface area (Å²) in [4.78, 5) is 0. The van der Waals surface area contributed by atoms with Gasteiger partial charge in [-0.25, -0.2) is 13.2 Å². The second kappa shape index (κ2) is 10.5. The minimum absolute atomic E-state index is 0.274. The lowest BCUT2D eigenvalue weighted by Crippen LogP contribution is -2.38. The van der Waals surface area contributed by atoms with Gasteiger partial charge >= 0.3 is 6.11 Å². The molecule has 0 spiro atoms. The van der Waals surface area contributed by atoms with E-state index in [1.807, 2.05) is 0 Å². The van der Waals surface area contributed by atoms with Crippen LogP contribution >= 0.6 is 0 Å². The minimum atomic E-state index is -3.57. The Labute approximate surface area is 198 Å². The number of allylic oxidation sites excluding steroid dienone is 2. The molecule has 2 aliphatic rings. The number of ether oxygens (including phenoxy) is 1. The fourth-order valence-corrected chi connectivity index (χ4v) is 5.45. The van der Waals surface area contributed by atoms with Gasteiger partial charge in [0.15, 0.2) is 17.5 Å². The lowest BCUT2D eigenvalue weighted by molar-refractivity contribution is -0.224. The highest BCUT2D eigenvalue weighted by Crippen LogP contribution is 2.45. The average Bonchev–Trinajstić information content (AvgIpc) is 2.83. The minimum Gasteiger partial charge on any atom is -0.432 e. The van der Waals surface area contributed by atoms with Crippen LogP contribution in [0.5, 0.6) is 5.75 Å². The lowest BCUT2D eigenvalue weighted by atomic mass is 9.71. The Morgan fingerprint density at radius 3 is 2.06 bits per heavy atom. The molecule has 0 heterocycles. The third-order valence-electron chi connectivity index (χ3n) is 7.41. The molecule has 34 heavy (non-hydrogen) atoms. The van der Waals surface area contributed by atoms with Crippen molar-refractivity contribution in [3.63, 3.8) is 0 Å². The van der Waals surface area contributed by atoms with Crippen LogP contribution in [0.25, 0.3) is 0 Å². The molecule has 1 fully saturated rings. The van der Waals surface area contributed by atoms with E-state index in [0.717, 1.165) is 25.7 Å². The van der Waals surface area contributed by atoms with Crippen molar-refractivity contribution in [2.45, 2.75) is 70.3 Å². The summed E-state index contributed by atoms with van der Waals surface area (Å²) < 4.78 is 73.8. The van der Waals surface area contributed by atoms with E-state index in [0.29, 0.717) is 42.7 Å². The van der Waals surface area contributed by atoms with Gasteiger partial charge in [-0.1, -0.05) is 49.8 Å². The van der Waals surface area contributed by atoms with Gasteiger partial charge in [0.2, 0.25) is 0 Å². The number of halogens is 5. The van der Waals surface area contributed by atoms with Crippen molar-refractivity contribution >= 4 is 0 Å². The predicted molar refractivity (Wildman–Crippen MR) is 122 cm³/mol. The summed E-state index contributed by atoms with van der Waals surface area (Å²) in [5, 5.41) is 0. The van der Waals surface area contributed by atoms with Crippen LogP contribution in [0.2, 0.25) is 0 Å². The SMILES string of the molecule is CCCc1ccc(C2C=CC(C3CCC(C(F)(F)Oc4cc(F)c(F)c(F)c4)CC3)CC2)cc1. The number of alkyl halides is 2. The Bertz CT molecular complexity index is 969. The summed E-state index contributed by atoms with van der Waals surface area (Å²) >= 11 is 0. The highest BCUT2D eigenvalue weighted by Gasteiger charge is 2.45. The molecule has 2 unspecified atom stereocenters. The van der Waals surface area contributed by atoms with E-state index in [1.165, 1.54) is 11.1 Å². The maximum atomic E-state index is 14.7. The molecule has 0 amide bonds. The van der Waals surface area contributed by atoms with E-state index in [9.17, 15) is 22.0 Å². The first-order valence-electron chi connectivity index (χ1n) is 12.3. The van der Waals surface area contributed by atoms with Crippen LogP contribution in [-0.4, -0.2) is 6.11 Å². The topological polar surface area (TPSA) is 9.23 Å². The van der Waals surface area contributed by atoms with Gasteiger partial charge in [-0.2, -0.15) is 8.78 Å². The molecule has 2 aromatic rings. The van der Waals surface area contributed by atoms with Gasteiger partial charge in [0, 0.05) is 18.1 Å². The summed E-state index contributed by atoms with van der Waals surface area (Å²) in [7, 11) is 0. The second-order valence-electron chi connectivity index (χ2n) is 9.70. The Morgan fingerprint density at radius 2 is 1.50 bits per heavy atom. The Balaban J connectivity index is 1.31. The van der Waals surface area contributed by atoms with E-state index < -0.39 is 35.2 Å². The fraction of sp³-hybridized carbons (Fsp3) is 0.500. The van der Waals surface area contributed by atoms with Crippen molar-refractivity contribution in [3.05, 3.63) is 77.1 Å². The molecule has 4 rings (SSSR count). The molecule has 0 aromatic heterocycles. The van der Waals surface area contributed by atoms with Gasteiger partial charge in [-0.15, -0.1) is 0 Å². The highest BCUT2D eigenvalue weighted by atomic mass is 19.3. The molecule has 1 nitrogen and oxygen atoms in total. The van der Waals surface area contributed by atoms with Crippen molar-refractivity contribution in [1.29, 1.82) is 0 Å². The molecule has 1 saturated carbocycles. The lowest BCUT2D eigenvalue weighted by Gasteiger charge is -2.37. The maximum absolute atomic E-state index is 14.7. The number of aryl methyl sites for hydroxylation is 1. The highest BCUT2D eigenvalue weighted by molar-refractivity contribution is 5.29. The smallest absolute Gasteiger partial charge is 0.400 e. The molecule has 6 heteroatoms. The van der Waals surface area contributed by atoms with Crippen molar-refractivity contribution < 1.29 is 26.7 Å². The molecule has 0 radical (unpaired) electrons. The van der Waals surface area contributed by atoms with E-state index >= 15 is 0 Å². The summed E-state index contributed by atoms with van der Waals surface area (Å²) in [5.74, 6) is -5.41. The Kier molecular flexibility index (Phi) is 7.63. The molecule has 0 N–H and O–H groups in total. The molecular formula is C28H31F5O. The van der Waals surface area contributed by atoms with E-state index in [-0.39, 0.29) is 12.8 Å². The number of hydrogen-bond acceptors (Lipinski definition) is 1. The first kappa shape index (κ1) is 24.7. The van der Waals surface area contributed by atoms with Crippen molar-refractivity contribution in [3.8, 4) is 5.75 Å². The molecule has 2 aromatic carbocycles. The summed E-state index contributed by atoms with van der Waals surface area (Å²) in [6, 6.07) is 9.75. The monoisotopic (exact) mass is 478 g/mol. The number of benzene rings is 2. The molecular weight excluding hydrogens is 447 g/mol. The largest absolute Gasteiger partial charge is 0.432 e. The van der Waals surface area contributed by atoms with Crippen LogP contribution in [0.1, 0.15) is 68.9 Å². The average molecular weight is 479 g/mol. The number of hydrogen-bond donors (Lipinski definition) is 0. The quantitative estimate of drug-likeness (QED) is 0.220. The van der Waals surface area contributed by atoms with Crippen LogP contribution in [0.4, 0.5) is 22.0 Å². The molecule has 2 aliphatic carbocycles. The zero-order chi connectivity index (χ0) is 24.3. The van der Waals surface area contributed by atoms with Crippen LogP contribution in [-0.2, 0) is 6.42 Å². The zero-order valence-corrected chi connectivity index (χ0v) is 19.4. The van der Waals surface area contributed by atoms with Crippen molar-refractivity contribution in [2.75, 3.05) is 0 Å². The van der Waals surface area contributed by atoms with E-state index in [4.69, 9.17) is 0 Å². The van der Waals surface area contributed by atoms with Gasteiger partial charge in [0.05, 0.1) is 5.92 Å². The molecule has 0 saturated heterocycles. The summed E-state index contributed by atoms with van der Waals surface area (Å²) in [6.45, 7) is 2.17. The number of rotatable bonds is 7. The van der Waals surface area contributed by atoms with Crippen LogP contribution in [0.15, 0.2) is 48.6 Å². The summed E-state index contributed by atoms with van der Waals surface area (Å²) in [6.07, 6.45) is 7.13. The fourth-order valence-electron chi connectivity index (χ4n) is 5.45. The van der Waals surface area contributed by atoms with Crippen LogP contribution in [0, 0.1) is 35.2 Å². The van der Waals surface area contributed by atoms with E-state index in [2.05, 4.69) is 48.1 Å². The van der Waals surface area contributed by atoms with Crippen LogP contribution < -0.4 is 4.74 Å². The van der Waals surface area contributed by atoms with E-state index in [1.54, 1.807) is 0 Å². The second-order valence-corrected chi connectivity index (χ2v) is 9.70. The van der Waals surface area contributed by atoms with Crippen LogP contribution in [0.3, 0.4) is 0 Å². The Hall–Kier alpha value is -2.37. The normalized spacial score (nSPS) is 25.4. The van der Waals surface area contributed by atoms with Gasteiger partial charge in [-0.3, -0.25) is 0 Å². The van der Waals surface area contributed by atoms with Crippen molar-refractivity contribution in [1.82, 2.24) is 0 Å². The first-order valence-corrected chi connectivity index (χ1v) is 12.3. The predicted octanol–water partition coefficient (Wildman–Crippen LogP) is 8.58. The van der Waals surface area contributed by atoms with Gasteiger partial charge in [0.1, 0.15) is 5.75 Å². The molecule has 0 bridgehead atoms. The Morgan fingerprint density at radius 1 is 0.853 bits per heavy atom. The zero-order valence-electron chi connectivity index (χ0n) is 19.4. The van der Waals surface area contributed by atoms with Gasteiger partial charge in [-0.05, 0) is 67.9 Å². The van der Waals surface area contributed by atoms with Gasteiger partial charge in [0.25, 0.3) is 0 Å². The summed E-state index contributed by atoms with van der Waals surface area (Å²) in [5.41, 5.74) is 2.68. The first-order chi connectivity index (χ1) is 16.3. The maximum Gasteiger partial charge on any atom is 0.400 e. The van der Waals surface area contributed by atoms with Gasteiger partial charge < -0.3 is 4.74 Å². The molecule has 0 aliphatic heterocycles. The standard InChI is InChI=1S/C28H31F5O/c1-2-3-18-4-6-19(7-5-18)20-8-10-21(11-9-20)22-12-14-23(15-13-22)28(32,33)34-24-16-25(29)27(31)26(30)17-24/h4-8,10,16-17,20-23H,2-3,9,11-15H2,1H3. The molecule has 2 atom stereocenters. The molecule has 184 valence electrons. The van der Waals surface area contributed by atoms with Crippen molar-refractivity contribution in [2.24, 2.45) is 17.8 Å². The third-order valence-corrected chi connectivity index (χ3v) is 7.41. The third kappa shape index (κ3) is 5.64.